The smallest absolute Gasteiger partial charge is 0.314 e. The maximum Gasteiger partial charge on any atom is 0.314 e. The van der Waals surface area contributed by atoms with Crippen molar-refractivity contribution >= 4 is 5.97 Å². The normalized spacial score (nSPS) is 17.5. The lowest BCUT2D eigenvalue weighted by atomic mass is 9.78. The van der Waals surface area contributed by atoms with Crippen LogP contribution in [-0.2, 0) is 4.79 Å². The van der Waals surface area contributed by atoms with Crippen molar-refractivity contribution in [3.63, 3.8) is 0 Å². The summed E-state index contributed by atoms with van der Waals surface area (Å²) in [4.78, 5) is 12.6. The van der Waals surface area contributed by atoms with E-state index in [-0.39, 0.29) is 42.2 Å². The predicted molar refractivity (Wildman–Crippen MR) is 124 cm³/mol. The van der Waals surface area contributed by atoms with Gasteiger partial charge in [-0.15, -0.1) is 0 Å². The summed E-state index contributed by atoms with van der Waals surface area (Å²) in [6.45, 7) is 3.13. The number of rotatable bonds is 6. The van der Waals surface area contributed by atoms with Gasteiger partial charge in [-0.05, 0) is 80.8 Å². The number of carbonyl (C=O) groups is 1. The first kappa shape index (κ1) is 26.6. The van der Waals surface area contributed by atoms with Crippen LogP contribution in [0.3, 0.4) is 0 Å². The summed E-state index contributed by atoms with van der Waals surface area (Å²) in [6.07, 6.45) is 1.35. The van der Waals surface area contributed by atoms with Gasteiger partial charge in [-0.25, -0.2) is 17.6 Å². The van der Waals surface area contributed by atoms with Crippen LogP contribution in [0, 0.1) is 47.7 Å². The number of esters is 1. The fraction of sp³-hybridized carbons (Fsp3) is 0.321. The molecule has 1 aliphatic rings. The van der Waals surface area contributed by atoms with Gasteiger partial charge in [-0.3, -0.25) is 4.79 Å². The van der Waals surface area contributed by atoms with Gasteiger partial charge in [0.1, 0.15) is 0 Å². The first-order valence-corrected chi connectivity index (χ1v) is 11.9. The van der Waals surface area contributed by atoms with Crippen LogP contribution in [0.5, 0.6) is 11.5 Å². The number of halogens is 6. The van der Waals surface area contributed by atoms with E-state index in [2.05, 4.69) is 0 Å². The number of aryl methyl sites for hydroxylation is 1. The molecule has 1 saturated carbocycles. The van der Waals surface area contributed by atoms with Crippen LogP contribution >= 0.6 is 0 Å². The molecule has 0 heterocycles. The van der Waals surface area contributed by atoms with Crippen LogP contribution < -0.4 is 9.47 Å². The topological polar surface area (TPSA) is 35.5 Å². The second-order valence-corrected chi connectivity index (χ2v) is 8.98. The average molecular weight is 522 g/mol. The maximum atomic E-state index is 14.8. The highest BCUT2D eigenvalue weighted by atomic mass is 19.2. The molecule has 0 saturated heterocycles. The molecule has 1 fully saturated rings. The molecule has 0 aromatic heterocycles. The molecule has 3 nitrogen and oxygen atoms in total. The average Bonchev–Trinajstić information content (AvgIpc) is 2.89. The Morgan fingerprint density at radius 1 is 0.730 bits per heavy atom. The molecule has 37 heavy (non-hydrogen) atoms. The third-order valence-electron chi connectivity index (χ3n) is 6.70. The third kappa shape index (κ3) is 5.17. The van der Waals surface area contributed by atoms with Gasteiger partial charge in [-0.1, -0.05) is 12.1 Å². The quantitative estimate of drug-likeness (QED) is 0.188. The molecule has 4 rings (SSSR count). The van der Waals surface area contributed by atoms with Gasteiger partial charge in [0.15, 0.2) is 34.8 Å². The lowest BCUT2D eigenvalue weighted by Gasteiger charge is -2.28. The highest BCUT2D eigenvalue weighted by Gasteiger charge is 2.31. The number of hydrogen-bond donors (Lipinski definition) is 0. The molecule has 3 aromatic rings. The minimum absolute atomic E-state index is 0.0851. The van der Waals surface area contributed by atoms with Crippen LogP contribution in [0.4, 0.5) is 26.3 Å². The number of ether oxygens (including phenoxy) is 2. The van der Waals surface area contributed by atoms with Gasteiger partial charge in [0, 0.05) is 11.1 Å². The van der Waals surface area contributed by atoms with Crippen molar-refractivity contribution in [2.75, 3.05) is 6.61 Å². The van der Waals surface area contributed by atoms with Gasteiger partial charge >= 0.3 is 5.97 Å². The molecule has 0 amide bonds. The molecule has 0 radical (unpaired) electrons. The second kappa shape index (κ2) is 10.9. The van der Waals surface area contributed by atoms with Gasteiger partial charge < -0.3 is 9.47 Å². The molecular formula is C28H24F6O3. The Balaban J connectivity index is 1.46. The number of benzene rings is 3. The maximum absolute atomic E-state index is 14.8. The van der Waals surface area contributed by atoms with Crippen molar-refractivity contribution in [3.05, 3.63) is 82.4 Å². The molecule has 0 unspecified atom stereocenters. The lowest BCUT2D eigenvalue weighted by Crippen LogP contribution is -2.26. The molecule has 196 valence electrons. The fourth-order valence-electron chi connectivity index (χ4n) is 4.63. The molecule has 0 N–H and O–H groups in total. The molecule has 0 spiro atoms. The van der Waals surface area contributed by atoms with Crippen molar-refractivity contribution in [3.8, 4) is 22.6 Å². The van der Waals surface area contributed by atoms with Crippen LogP contribution in [0.15, 0.2) is 36.4 Å². The molecule has 0 aliphatic heterocycles. The van der Waals surface area contributed by atoms with E-state index >= 15 is 0 Å². The predicted octanol–water partition coefficient (Wildman–Crippen LogP) is 7.77. The summed E-state index contributed by atoms with van der Waals surface area (Å²) >= 11 is 0. The lowest BCUT2D eigenvalue weighted by molar-refractivity contribution is -0.140. The minimum atomic E-state index is -1.52. The van der Waals surface area contributed by atoms with Crippen LogP contribution in [0.2, 0.25) is 0 Å². The Bertz CT molecular complexity index is 1330. The second-order valence-electron chi connectivity index (χ2n) is 8.98. The third-order valence-corrected chi connectivity index (χ3v) is 6.70. The Labute approximate surface area is 210 Å². The highest BCUT2D eigenvalue weighted by molar-refractivity contribution is 5.76. The van der Waals surface area contributed by atoms with Crippen molar-refractivity contribution in [1.29, 1.82) is 0 Å². The first-order chi connectivity index (χ1) is 17.6. The van der Waals surface area contributed by atoms with Crippen molar-refractivity contribution in [2.24, 2.45) is 5.92 Å². The van der Waals surface area contributed by atoms with E-state index in [0.717, 1.165) is 24.3 Å². The summed E-state index contributed by atoms with van der Waals surface area (Å²) in [5, 5.41) is 0. The van der Waals surface area contributed by atoms with Crippen molar-refractivity contribution < 1.29 is 40.6 Å². The zero-order valence-corrected chi connectivity index (χ0v) is 20.1. The zero-order valence-electron chi connectivity index (χ0n) is 20.1. The van der Waals surface area contributed by atoms with Gasteiger partial charge in [0.25, 0.3) is 0 Å². The van der Waals surface area contributed by atoms with E-state index in [4.69, 9.17) is 9.47 Å². The SMILES string of the molecule is CCOc1ccc(-c2ccc(OC(=O)C3CCC(c4ccc(C)c(F)c4F)CC3)c(F)c2F)c(F)c1F. The molecular weight excluding hydrogens is 498 g/mol. The monoisotopic (exact) mass is 522 g/mol. The largest absolute Gasteiger partial charge is 0.491 e. The van der Waals surface area contributed by atoms with E-state index in [0.29, 0.717) is 12.8 Å². The summed E-state index contributed by atoms with van der Waals surface area (Å²) < 4.78 is 96.5. The molecule has 0 atom stereocenters. The van der Waals surface area contributed by atoms with Crippen molar-refractivity contribution in [1.82, 2.24) is 0 Å². The summed E-state index contributed by atoms with van der Waals surface area (Å²) in [5.74, 6) is -10.3. The summed E-state index contributed by atoms with van der Waals surface area (Å²) in [5.41, 5.74) is -0.622. The number of carbonyl (C=O) groups excluding carboxylic acids is 1. The molecule has 0 bridgehead atoms. The molecule has 3 aromatic carbocycles. The highest BCUT2D eigenvalue weighted by Crippen LogP contribution is 2.39. The van der Waals surface area contributed by atoms with E-state index < -0.39 is 63.7 Å². The molecule has 9 heteroatoms. The van der Waals surface area contributed by atoms with Gasteiger partial charge in [-0.2, -0.15) is 8.78 Å². The van der Waals surface area contributed by atoms with Crippen molar-refractivity contribution in [2.45, 2.75) is 45.4 Å². The zero-order chi connectivity index (χ0) is 26.9. The van der Waals surface area contributed by atoms with Crippen LogP contribution in [0.25, 0.3) is 11.1 Å². The summed E-state index contributed by atoms with van der Waals surface area (Å²) in [6, 6.07) is 7.17. The van der Waals surface area contributed by atoms with E-state index in [1.807, 2.05) is 0 Å². The van der Waals surface area contributed by atoms with E-state index in [1.54, 1.807) is 6.92 Å². The summed E-state index contributed by atoms with van der Waals surface area (Å²) in [7, 11) is 0. The Kier molecular flexibility index (Phi) is 7.80. The number of hydrogen-bond acceptors (Lipinski definition) is 3. The first-order valence-electron chi connectivity index (χ1n) is 11.9. The molecule has 1 aliphatic carbocycles. The Morgan fingerprint density at radius 3 is 1.89 bits per heavy atom. The Hall–Kier alpha value is -3.49. The minimum Gasteiger partial charge on any atom is -0.491 e. The standard InChI is InChI=1S/C28H24F6O3/c1-3-36-20-12-10-18(24(31)26(20)33)19-11-13-21(27(34)25(19)32)37-28(35)16-7-5-15(6-8-16)17-9-4-14(2)22(29)23(17)30/h4,9-13,15-16H,3,5-8H2,1-2H3. The van der Waals surface area contributed by atoms with Gasteiger partial charge in [0.2, 0.25) is 11.6 Å². The fourth-order valence-corrected chi connectivity index (χ4v) is 4.63. The van der Waals surface area contributed by atoms with E-state index in [9.17, 15) is 31.1 Å². The van der Waals surface area contributed by atoms with E-state index in [1.165, 1.54) is 19.1 Å². The van der Waals surface area contributed by atoms with Crippen LogP contribution in [0.1, 0.15) is 49.7 Å². The Morgan fingerprint density at radius 2 is 1.30 bits per heavy atom. The van der Waals surface area contributed by atoms with Crippen LogP contribution in [-0.4, -0.2) is 12.6 Å². The van der Waals surface area contributed by atoms with Gasteiger partial charge in [0.05, 0.1) is 12.5 Å².